The highest BCUT2D eigenvalue weighted by Crippen LogP contribution is 2.21. The van der Waals surface area contributed by atoms with Crippen LogP contribution >= 0.6 is 12.2 Å². The molecule has 0 bridgehead atoms. The van der Waals surface area contributed by atoms with Crippen molar-refractivity contribution in [1.29, 1.82) is 0 Å². The molecule has 0 aliphatic rings. The van der Waals surface area contributed by atoms with Gasteiger partial charge in [0.15, 0.2) is 0 Å². The van der Waals surface area contributed by atoms with Gasteiger partial charge < -0.3 is 10.3 Å². The largest absolute Gasteiger partial charge is 0.389 e. The minimum Gasteiger partial charge on any atom is -0.389 e. The first-order valence-corrected chi connectivity index (χ1v) is 6.93. The van der Waals surface area contributed by atoms with Crippen LogP contribution in [0.5, 0.6) is 0 Å². The Morgan fingerprint density at radius 3 is 2.25 bits per heavy atom. The molecular formula is C16H18N2OS. The summed E-state index contributed by atoms with van der Waals surface area (Å²) in [5.74, 6) is 0.491. The maximum atomic E-state index is 12.2. The smallest absolute Gasteiger partial charge is 0.261 e. The summed E-state index contributed by atoms with van der Waals surface area (Å²) in [6, 6.07) is 11.8. The molecule has 0 aliphatic heterocycles. The number of rotatable bonds is 3. The molecule has 0 aliphatic carbocycles. The third kappa shape index (κ3) is 2.65. The molecule has 1 aromatic heterocycles. The highest BCUT2D eigenvalue weighted by atomic mass is 32.1. The van der Waals surface area contributed by atoms with E-state index < -0.39 is 0 Å². The molecule has 0 saturated heterocycles. The summed E-state index contributed by atoms with van der Waals surface area (Å²) in [7, 11) is 1.73. The molecule has 2 aromatic rings. The van der Waals surface area contributed by atoms with E-state index in [1.54, 1.807) is 17.7 Å². The van der Waals surface area contributed by atoms with Crippen LogP contribution in [-0.2, 0) is 7.05 Å². The average molecular weight is 286 g/mol. The third-order valence-electron chi connectivity index (χ3n) is 3.44. The van der Waals surface area contributed by atoms with Crippen molar-refractivity contribution >= 4 is 17.2 Å². The number of benzene rings is 1. The van der Waals surface area contributed by atoms with Gasteiger partial charge in [-0.1, -0.05) is 50.3 Å². The zero-order valence-corrected chi connectivity index (χ0v) is 12.7. The summed E-state index contributed by atoms with van der Waals surface area (Å²) in [5, 5.41) is 0. The van der Waals surface area contributed by atoms with Gasteiger partial charge >= 0.3 is 0 Å². The van der Waals surface area contributed by atoms with Gasteiger partial charge in [0, 0.05) is 7.05 Å². The number of hydrogen-bond acceptors (Lipinski definition) is 2. The molecule has 0 amide bonds. The second-order valence-corrected chi connectivity index (χ2v) is 5.58. The Balaban J connectivity index is 2.51. The molecule has 3 nitrogen and oxygen atoms in total. The molecule has 104 valence electrons. The average Bonchev–Trinajstić information content (AvgIpc) is 2.41. The maximum Gasteiger partial charge on any atom is 0.261 e. The van der Waals surface area contributed by atoms with E-state index in [2.05, 4.69) is 26.0 Å². The summed E-state index contributed by atoms with van der Waals surface area (Å²) in [4.78, 5) is 12.3. The van der Waals surface area contributed by atoms with E-state index >= 15 is 0 Å². The fourth-order valence-corrected chi connectivity index (χ4v) is 2.31. The van der Waals surface area contributed by atoms with Crippen molar-refractivity contribution in [3.63, 3.8) is 0 Å². The third-order valence-corrected chi connectivity index (χ3v) is 3.66. The Kier molecular flexibility index (Phi) is 4.04. The number of nitrogens with zero attached hydrogens (tertiary/aromatic N) is 1. The molecule has 0 radical (unpaired) electrons. The highest BCUT2D eigenvalue weighted by Gasteiger charge is 2.09. The van der Waals surface area contributed by atoms with Crippen LogP contribution in [0.1, 0.15) is 30.9 Å². The van der Waals surface area contributed by atoms with Gasteiger partial charge in [-0.25, -0.2) is 0 Å². The van der Waals surface area contributed by atoms with Crippen LogP contribution in [0.4, 0.5) is 0 Å². The van der Waals surface area contributed by atoms with E-state index in [1.807, 2.05) is 18.2 Å². The van der Waals surface area contributed by atoms with Crippen molar-refractivity contribution in [3.05, 3.63) is 57.9 Å². The lowest BCUT2D eigenvalue weighted by atomic mass is 10.0. The number of aromatic nitrogens is 1. The maximum absolute atomic E-state index is 12.2. The van der Waals surface area contributed by atoms with Gasteiger partial charge in [0.1, 0.15) is 4.99 Å². The Hall–Kier alpha value is -1.94. The second-order valence-electron chi connectivity index (χ2n) is 5.14. The molecule has 20 heavy (non-hydrogen) atoms. The van der Waals surface area contributed by atoms with E-state index in [9.17, 15) is 4.79 Å². The summed E-state index contributed by atoms with van der Waals surface area (Å²) in [5.41, 5.74) is 8.89. The van der Waals surface area contributed by atoms with Gasteiger partial charge in [-0.15, -0.1) is 0 Å². The first-order chi connectivity index (χ1) is 9.41. The SMILES string of the molecule is CC(C)c1ccc(-c2ccc(C(N)=S)c(=O)n2C)cc1. The van der Waals surface area contributed by atoms with Crippen LogP contribution < -0.4 is 11.3 Å². The Morgan fingerprint density at radius 1 is 1.15 bits per heavy atom. The standard InChI is InChI=1S/C16H18N2OS/c1-10(2)11-4-6-12(7-5-11)14-9-8-13(15(17)20)16(19)18(14)3/h4-10H,1-3H3,(H2,17,20). The monoisotopic (exact) mass is 286 g/mol. The van der Waals surface area contributed by atoms with Gasteiger partial charge in [0.25, 0.3) is 5.56 Å². The van der Waals surface area contributed by atoms with E-state index in [1.165, 1.54) is 5.56 Å². The van der Waals surface area contributed by atoms with Crippen LogP contribution in [0.25, 0.3) is 11.3 Å². The molecule has 4 heteroatoms. The van der Waals surface area contributed by atoms with E-state index in [-0.39, 0.29) is 10.5 Å². The van der Waals surface area contributed by atoms with Crippen molar-refractivity contribution in [2.24, 2.45) is 12.8 Å². The van der Waals surface area contributed by atoms with Crippen molar-refractivity contribution in [2.45, 2.75) is 19.8 Å². The minimum absolute atomic E-state index is 0.132. The summed E-state index contributed by atoms with van der Waals surface area (Å²) in [6.45, 7) is 4.31. The fraction of sp³-hybridized carbons (Fsp3) is 0.250. The summed E-state index contributed by atoms with van der Waals surface area (Å²) >= 11 is 4.88. The number of thiocarbonyl (C=S) groups is 1. The van der Waals surface area contributed by atoms with E-state index in [4.69, 9.17) is 18.0 Å². The first kappa shape index (κ1) is 14.5. The van der Waals surface area contributed by atoms with Crippen molar-refractivity contribution in [3.8, 4) is 11.3 Å². The van der Waals surface area contributed by atoms with Gasteiger partial charge in [-0.2, -0.15) is 0 Å². The van der Waals surface area contributed by atoms with Gasteiger partial charge in [-0.3, -0.25) is 4.79 Å². The summed E-state index contributed by atoms with van der Waals surface area (Å²) < 4.78 is 1.58. The molecule has 2 rings (SSSR count). The van der Waals surface area contributed by atoms with Crippen molar-refractivity contribution in [2.75, 3.05) is 0 Å². The lowest BCUT2D eigenvalue weighted by Crippen LogP contribution is -2.28. The molecule has 1 aromatic carbocycles. The zero-order valence-electron chi connectivity index (χ0n) is 11.9. The lowest BCUT2D eigenvalue weighted by Gasteiger charge is -2.11. The minimum atomic E-state index is -0.164. The van der Waals surface area contributed by atoms with Crippen molar-refractivity contribution in [1.82, 2.24) is 4.57 Å². The van der Waals surface area contributed by atoms with Gasteiger partial charge in [0.05, 0.1) is 11.3 Å². The number of nitrogens with two attached hydrogens (primary N) is 1. The van der Waals surface area contributed by atoms with Gasteiger partial charge in [-0.05, 0) is 29.2 Å². The Bertz CT molecular complexity index is 699. The predicted octanol–water partition coefficient (Wildman–Crippen LogP) is 2.81. The molecule has 0 spiro atoms. The lowest BCUT2D eigenvalue weighted by molar-refractivity contribution is 0.860. The normalized spacial score (nSPS) is 10.8. The number of hydrogen-bond donors (Lipinski definition) is 1. The van der Waals surface area contributed by atoms with Gasteiger partial charge in [0.2, 0.25) is 0 Å². The molecule has 1 heterocycles. The molecule has 2 N–H and O–H groups in total. The molecule has 0 saturated carbocycles. The highest BCUT2D eigenvalue weighted by molar-refractivity contribution is 7.80. The zero-order chi connectivity index (χ0) is 14.9. The Morgan fingerprint density at radius 2 is 1.75 bits per heavy atom. The Labute approximate surface area is 124 Å². The summed E-state index contributed by atoms with van der Waals surface area (Å²) in [6.07, 6.45) is 0. The fourth-order valence-electron chi connectivity index (χ4n) is 2.15. The topological polar surface area (TPSA) is 48.0 Å². The quantitative estimate of drug-likeness (QED) is 0.883. The van der Waals surface area contributed by atoms with Crippen molar-refractivity contribution < 1.29 is 0 Å². The van der Waals surface area contributed by atoms with Crippen LogP contribution in [-0.4, -0.2) is 9.56 Å². The van der Waals surface area contributed by atoms with Crippen LogP contribution in [0.3, 0.4) is 0 Å². The van der Waals surface area contributed by atoms with E-state index in [0.29, 0.717) is 11.5 Å². The molecule has 0 unspecified atom stereocenters. The molecule has 0 atom stereocenters. The van der Waals surface area contributed by atoms with E-state index in [0.717, 1.165) is 11.3 Å². The molecule has 0 fully saturated rings. The second kappa shape index (κ2) is 5.59. The first-order valence-electron chi connectivity index (χ1n) is 6.52. The van der Waals surface area contributed by atoms with Crippen LogP contribution in [0.15, 0.2) is 41.2 Å². The van der Waals surface area contributed by atoms with Crippen LogP contribution in [0.2, 0.25) is 0 Å². The predicted molar refractivity (Wildman–Crippen MR) is 87.1 cm³/mol. The number of pyridine rings is 1. The van der Waals surface area contributed by atoms with Crippen LogP contribution in [0, 0.1) is 0 Å². The molecular weight excluding hydrogens is 268 g/mol.